The maximum Gasteiger partial charge on any atom is 0.113 e. The second-order valence-electron chi connectivity index (χ2n) is 6.71. The van der Waals surface area contributed by atoms with Gasteiger partial charge in [-0.05, 0) is 39.0 Å². The number of rotatable bonds is 2. The normalized spacial score (nSPS) is 14.5. The zero-order valence-electron chi connectivity index (χ0n) is 13.1. The van der Waals surface area contributed by atoms with Crippen LogP contribution in [0.5, 0.6) is 0 Å². The molecule has 22 heavy (non-hydrogen) atoms. The summed E-state index contributed by atoms with van der Waals surface area (Å²) in [4.78, 5) is 0. The quantitative estimate of drug-likeness (QED) is 0.626. The molecule has 3 aromatic carbocycles. The average Bonchev–Trinajstić information content (AvgIpc) is 2.77. The summed E-state index contributed by atoms with van der Waals surface area (Å²) in [7, 11) is -1.53. The van der Waals surface area contributed by atoms with Gasteiger partial charge < -0.3 is 0 Å². The van der Waals surface area contributed by atoms with Crippen molar-refractivity contribution in [2.75, 3.05) is 0 Å². The molecule has 0 saturated carbocycles. The highest BCUT2D eigenvalue weighted by atomic mass is 28.3. The van der Waals surface area contributed by atoms with Crippen molar-refractivity contribution >= 4 is 18.4 Å². The first-order chi connectivity index (χ1) is 10.7. The zero-order valence-corrected chi connectivity index (χ0v) is 14.1. The third-order valence-electron chi connectivity index (χ3n) is 4.90. The molecule has 108 valence electrons. The fourth-order valence-electron chi connectivity index (χ4n) is 3.69. The molecule has 0 aliphatic carbocycles. The highest BCUT2D eigenvalue weighted by molar-refractivity contribution is 7.03. The van der Waals surface area contributed by atoms with E-state index in [2.05, 4.69) is 85.9 Å². The van der Waals surface area contributed by atoms with Crippen molar-refractivity contribution in [3.8, 4) is 11.1 Å². The fourth-order valence-corrected chi connectivity index (χ4v) is 6.82. The van der Waals surface area contributed by atoms with Crippen LogP contribution < -0.4 is 10.4 Å². The van der Waals surface area contributed by atoms with Gasteiger partial charge in [-0.25, -0.2) is 0 Å². The van der Waals surface area contributed by atoms with Crippen LogP contribution in [0, 0.1) is 0 Å². The lowest BCUT2D eigenvalue weighted by atomic mass is 10.0. The van der Waals surface area contributed by atoms with Crippen LogP contribution in [0.2, 0.25) is 13.1 Å². The molecule has 3 aromatic rings. The first kappa shape index (κ1) is 13.5. The maximum absolute atomic E-state index is 2.48. The summed E-state index contributed by atoms with van der Waals surface area (Å²) in [5.41, 5.74) is 5.74. The Morgan fingerprint density at radius 3 is 2.14 bits per heavy atom. The standard InChI is InChI=1S/C21H20Si/c1-22(2)20-11-7-6-10-18(20)19-13-12-17(15-21(19)22)14-16-8-4-3-5-9-16/h3-13,15H,14H2,1-2H3. The molecular weight excluding hydrogens is 280 g/mol. The van der Waals surface area contributed by atoms with Crippen LogP contribution >= 0.6 is 0 Å². The predicted octanol–water partition coefficient (Wildman–Crippen LogP) is 4.08. The van der Waals surface area contributed by atoms with Gasteiger partial charge in [-0.3, -0.25) is 0 Å². The molecule has 0 nitrogen and oxygen atoms in total. The van der Waals surface area contributed by atoms with Crippen LogP contribution in [-0.2, 0) is 6.42 Å². The summed E-state index contributed by atoms with van der Waals surface area (Å²) < 4.78 is 0. The molecule has 0 radical (unpaired) electrons. The molecule has 0 aromatic heterocycles. The highest BCUT2D eigenvalue weighted by Crippen LogP contribution is 2.28. The van der Waals surface area contributed by atoms with Gasteiger partial charge in [0.25, 0.3) is 0 Å². The Morgan fingerprint density at radius 1 is 0.636 bits per heavy atom. The van der Waals surface area contributed by atoms with Crippen molar-refractivity contribution in [1.82, 2.24) is 0 Å². The van der Waals surface area contributed by atoms with Crippen molar-refractivity contribution in [3.05, 3.63) is 83.9 Å². The molecule has 0 unspecified atom stereocenters. The van der Waals surface area contributed by atoms with Crippen molar-refractivity contribution < 1.29 is 0 Å². The molecule has 0 saturated heterocycles. The number of hydrogen-bond acceptors (Lipinski definition) is 0. The van der Waals surface area contributed by atoms with Crippen LogP contribution in [-0.4, -0.2) is 8.07 Å². The molecule has 4 rings (SSSR count). The summed E-state index contributed by atoms with van der Waals surface area (Å²) in [5.74, 6) is 0. The molecule has 0 atom stereocenters. The van der Waals surface area contributed by atoms with Gasteiger partial charge >= 0.3 is 0 Å². The number of benzene rings is 3. The third kappa shape index (κ3) is 2.05. The minimum Gasteiger partial charge on any atom is -0.0623 e. The Hall–Kier alpha value is -2.12. The number of fused-ring (bicyclic) bond motifs is 3. The van der Waals surface area contributed by atoms with E-state index in [1.54, 1.807) is 10.4 Å². The second-order valence-corrected chi connectivity index (χ2v) is 11.0. The molecule has 0 bridgehead atoms. The third-order valence-corrected chi connectivity index (χ3v) is 8.44. The predicted molar refractivity (Wildman–Crippen MR) is 97.9 cm³/mol. The maximum atomic E-state index is 2.48. The second kappa shape index (κ2) is 4.96. The van der Waals surface area contributed by atoms with E-state index in [4.69, 9.17) is 0 Å². The largest absolute Gasteiger partial charge is 0.113 e. The molecule has 0 spiro atoms. The highest BCUT2D eigenvalue weighted by Gasteiger charge is 2.36. The Kier molecular flexibility index (Phi) is 3.05. The lowest BCUT2D eigenvalue weighted by Gasteiger charge is -2.19. The summed E-state index contributed by atoms with van der Waals surface area (Å²) in [5, 5.41) is 3.18. The van der Waals surface area contributed by atoms with Gasteiger partial charge in [-0.1, -0.05) is 85.9 Å². The Morgan fingerprint density at radius 2 is 1.32 bits per heavy atom. The molecule has 0 amide bonds. The molecule has 0 N–H and O–H groups in total. The van der Waals surface area contributed by atoms with Gasteiger partial charge in [0.1, 0.15) is 8.07 Å². The monoisotopic (exact) mass is 300 g/mol. The summed E-state index contributed by atoms with van der Waals surface area (Å²) in [6, 6.07) is 26.8. The van der Waals surface area contributed by atoms with Gasteiger partial charge in [0, 0.05) is 0 Å². The van der Waals surface area contributed by atoms with Crippen molar-refractivity contribution in [2.24, 2.45) is 0 Å². The van der Waals surface area contributed by atoms with Gasteiger partial charge in [0.05, 0.1) is 0 Å². The molecule has 0 fully saturated rings. The Balaban J connectivity index is 1.79. The van der Waals surface area contributed by atoms with Crippen molar-refractivity contribution in [1.29, 1.82) is 0 Å². The number of hydrogen-bond donors (Lipinski definition) is 0. The van der Waals surface area contributed by atoms with E-state index < -0.39 is 8.07 Å². The minimum atomic E-state index is -1.53. The Bertz CT molecular complexity index is 832. The van der Waals surface area contributed by atoms with Gasteiger partial charge in [-0.15, -0.1) is 0 Å². The van der Waals surface area contributed by atoms with Gasteiger partial charge in [0.15, 0.2) is 0 Å². The molecule has 1 heteroatoms. The van der Waals surface area contributed by atoms with Gasteiger partial charge in [0.2, 0.25) is 0 Å². The van der Waals surface area contributed by atoms with E-state index in [0.29, 0.717) is 0 Å². The topological polar surface area (TPSA) is 0 Å². The van der Waals surface area contributed by atoms with Crippen LogP contribution in [0.4, 0.5) is 0 Å². The van der Waals surface area contributed by atoms with Crippen molar-refractivity contribution in [3.63, 3.8) is 0 Å². The lowest BCUT2D eigenvalue weighted by Crippen LogP contribution is -2.49. The van der Waals surface area contributed by atoms with E-state index in [1.807, 2.05) is 0 Å². The summed E-state index contributed by atoms with van der Waals surface area (Å²) in [6.07, 6.45) is 1.02. The molecule has 1 aliphatic rings. The zero-order chi connectivity index (χ0) is 15.2. The lowest BCUT2D eigenvalue weighted by molar-refractivity contribution is 1.20. The SMILES string of the molecule is C[Si]1(C)c2ccccc2-c2ccc(Cc3ccccc3)cc21. The summed E-state index contributed by atoms with van der Waals surface area (Å²) >= 11 is 0. The van der Waals surface area contributed by atoms with E-state index in [1.165, 1.54) is 22.3 Å². The first-order valence-electron chi connectivity index (χ1n) is 7.93. The van der Waals surface area contributed by atoms with E-state index in [9.17, 15) is 0 Å². The van der Waals surface area contributed by atoms with E-state index >= 15 is 0 Å². The average molecular weight is 300 g/mol. The van der Waals surface area contributed by atoms with E-state index in [0.717, 1.165) is 6.42 Å². The minimum absolute atomic E-state index is 1.02. The molecular formula is C21H20Si. The van der Waals surface area contributed by atoms with Crippen LogP contribution in [0.3, 0.4) is 0 Å². The first-order valence-corrected chi connectivity index (χ1v) is 10.9. The van der Waals surface area contributed by atoms with Crippen LogP contribution in [0.25, 0.3) is 11.1 Å². The van der Waals surface area contributed by atoms with Crippen LogP contribution in [0.1, 0.15) is 11.1 Å². The van der Waals surface area contributed by atoms with Crippen LogP contribution in [0.15, 0.2) is 72.8 Å². The van der Waals surface area contributed by atoms with Gasteiger partial charge in [-0.2, -0.15) is 0 Å². The summed E-state index contributed by atoms with van der Waals surface area (Å²) in [6.45, 7) is 4.95. The Labute approximate surface area is 133 Å². The molecule has 1 aliphatic heterocycles. The molecule has 1 heterocycles. The smallest absolute Gasteiger partial charge is 0.0623 e. The van der Waals surface area contributed by atoms with E-state index in [-0.39, 0.29) is 0 Å². The van der Waals surface area contributed by atoms with Crippen molar-refractivity contribution in [2.45, 2.75) is 19.5 Å². The fraction of sp³-hybridized carbons (Fsp3) is 0.143.